The number of methoxy groups -OCH3 is 3. The van der Waals surface area contributed by atoms with Crippen molar-refractivity contribution in [2.45, 2.75) is 13.0 Å². The minimum absolute atomic E-state index is 0.350. The Balaban J connectivity index is 1.81. The molecule has 0 spiro atoms. The molecule has 0 aliphatic rings. The highest BCUT2D eigenvalue weighted by atomic mass is 32.1. The van der Waals surface area contributed by atoms with Gasteiger partial charge in [0.2, 0.25) is 4.77 Å². The van der Waals surface area contributed by atoms with Crippen LogP contribution in [0.15, 0.2) is 36.4 Å². The molecule has 4 aromatic rings. The Labute approximate surface area is 172 Å². The lowest BCUT2D eigenvalue weighted by atomic mass is 10.2. The van der Waals surface area contributed by atoms with Crippen molar-refractivity contribution < 1.29 is 18.9 Å². The molecule has 2 heterocycles. The van der Waals surface area contributed by atoms with Gasteiger partial charge >= 0.3 is 0 Å². The lowest BCUT2D eigenvalue weighted by Gasteiger charge is -2.14. The van der Waals surface area contributed by atoms with Gasteiger partial charge in [0.15, 0.2) is 40.6 Å². The predicted molar refractivity (Wildman–Crippen MR) is 111 cm³/mol. The molecule has 29 heavy (non-hydrogen) atoms. The number of hydrogen-bond acceptors (Lipinski definition) is 7. The maximum atomic E-state index is 6.05. The quantitative estimate of drug-likeness (QED) is 0.477. The van der Waals surface area contributed by atoms with Crippen molar-refractivity contribution in [1.29, 1.82) is 0 Å². The summed E-state index contributed by atoms with van der Waals surface area (Å²) in [6.07, 6.45) is -0.379. The fourth-order valence-electron chi connectivity index (χ4n) is 3.11. The Hall–Kier alpha value is -3.33. The van der Waals surface area contributed by atoms with Gasteiger partial charge in [0.1, 0.15) is 0 Å². The molecule has 0 saturated carbocycles. The highest BCUT2D eigenvalue weighted by Crippen LogP contribution is 2.34. The average molecular weight is 412 g/mol. The SMILES string of the molecule is COc1cc2nc(=S)n3[nH]c([C@H](C)Oc4ccccc4OC)nc3c2cc1OC. The number of hydrogen-bond donors (Lipinski definition) is 1. The number of aromatic nitrogens is 4. The van der Waals surface area contributed by atoms with Gasteiger partial charge in [0, 0.05) is 11.5 Å². The Kier molecular flexibility index (Phi) is 4.98. The Bertz CT molecular complexity index is 1250. The van der Waals surface area contributed by atoms with Gasteiger partial charge in [0.25, 0.3) is 0 Å². The van der Waals surface area contributed by atoms with E-state index in [0.29, 0.717) is 44.8 Å². The number of nitrogens with zero attached hydrogens (tertiary/aromatic N) is 3. The third-order valence-electron chi connectivity index (χ3n) is 4.57. The molecule has 8 nitrogen and oxygen atoms in total. The first-order valence-electron chi connectivity index (χ1n) is 8.89. The average Bonchev–Trinajstić information content (AvgIpc) is 3.20. The highest BCUT2D eigenvalue weighted by molar-refractivity contribution is 7.71. The van der Waals surface area contributed by atoms with Gasteiger partial charge in [-0.25, -0.2) is 14.5 Å². The van der Waals surface area contributed by atoms with Crippen LogP contribution < -0.4 is 18.9 Å². The lowest BCUT2D eigenvalue weighted by molar-refractivity contribution is 0.206. The number of ether oxygens (including phenoxy) is 4. The van der Waals surface area contributed by atoms with Gasteiger partial charge in [-0.2, -0.15) is 0 Å². The van der Waals surface area contributed by atoms with Crippen LogP contribution in [-0.2, 0) is 0 Å². The van der Waals surface area contributed by atoms with E-state index < -0.39 is 0 Å². The van der Waals surface area contributed by atoms with Crippen LogP contribution in [0, 0.1) is 4.77 Å². The molecule has 0 aliphatic heterocycles. The van der Waals surface area contributed by atoms with Crippen molar-refractivity contribution in [3.8, 4) is 23.0 Å². The van der Waals surface area contributed by atoms with Gasteiger partial charge in [-0.05, 0) is 37.3 Å². The largest absolute Gasteiger partial charge is 0.493 e. The molecule has 0 aliphatic carbocycles. The van der Waals surface area contributed by atoms with Gasteiger partial charge < -0.3 is 18.9 Å². The zero-order valence-electron chi connectivity index (χ0n) is 16.4. The van der Waals surface area contributed by atoms with E-state index in [9.17, 15) is 0 Å². The summed E-state index contributed by atoms with van der Waals surface area (Å²) >= 11 is 5.44. The molecule has 2 aromatic heterocycles. The molecule has 2 aromatic carbocycles. The zero-order valence-corrected chi connectivity index (χ0v) is 17.2. The molecule has 4 rings (SSSR count). The number of aromatic amines is 1. The second-order valence-electron chi connectivity index (χ2n) is 6.30. The molecule has 1 N–H and O–H groups in total. The van der Waals surface area contributed by atoms with Crippen molar-refractivity contribution in [3.05, 3.63) is 47.0 Å². The molecular formula is C20H20N4O4S. The second kappa shape index (κ2) is 7.59. The normalized spacial score (nSPS) is 12.1. The van der Waals surface area contributed by atoms with Crippen LogP contribution in [0.3, 0.4) is 0 Å². The summed E-state index contributed by atoms with van der Waals surface area (Å²) in [7, 11) is 4.77. The first-order chi connectivity index (χ1) is 14.0. The van der Waals surface area contributed by atoms with Gasteiger partial charge in [-0.3, -0.25) is 5.10 Å². The molecule has 0 saturated heterocycles. The summed E-state index contributed by atoms with van der Waals surface area (Å²) < 4.78 is 24.2. The number of nitrogens with one attached hydrogen (secondary N) is 1. The molecule has 0 fully saturated rings. The summed E-state index contributed by atoms with van der Waals surface area (Å²) in [5.41, 5.74) is 1.30. The van der Waals surface area contributed by atoms with E-state index >= 15 is 0 Å². The van der Waals surface area contributed by atoms with E-state index in [2.05, 4.69) is 10.1 Å². The lowest BCUT2D eigenvalue weighted by Crippen LogP contribution is -2.06. The molecule has 9 heteroatoms. The van der Waals surface area contributed by atoms with E-state index in [1.54, 1.807) is 31.9 Å². The number of fused-ring (bicyclic) bond motifs is 3. The third kappa shape index (κ3) is 3.33. The standard InChI is InChI=1S/C20H20N4O4S/c1-11(28-15-8-6-5-7-14(15)25-2)18-22-19-12-9-16(26-3)17(27-4)10-13(12)21-20(29)24(19)23-18/h5-11H,1-4H3,(H,22,23)/t11-/m0/s1. The fraction of sp³-hybridized carbons (Fsp3) is 0.250. The van der Waals surface area contributed by atoms with Gasteiger partial charge in [0.05, 0.1) is 26.8 Å². The maximum absolute atomic E-state index is 6.05. The van der Waals surface area contributed by atoms with E-state index in [1.807, 2.05) is 37.3 Å². The first kappa shape index (κ1) is 19.0. The summed E-state index contributed by atoms with van der Waals surface area (Å²) in [6.45, 7) is 1.90. The topological polar surface area (TPSA) is 82.9 Å². The summed E-state index contributed by atoms with van der Waals surface area (Å²) in [4.78, 5) is 9.20. The molecule has 150 valence electrons. The van der Waals surface area contributed by atoms with Crippen LogP contribution in [-0.4, -0.2) is 40.9 Å². The van der Waals surface area contributed by atoms with E-state index in [0.717, 1.165) is 5.39 Å². The summed E-state index contributed by atoms with van der Waals surface area (Å²) in [6, 6.07) is 11.1. The molecule has 1 atom stereocenters. The number of rotatable bonds is 6. The van der Waals surface area contributed by atoms with E-state index in [4.69, 9.17) is 36.1 Å². The summed E-state index contributed by atoms with van der Waals surface area (Å²) in [5.74, 6) is 3.04. The van der Waals surface area contributed by atoms with Crippen molar-refractivity contribution in [3.63, 3.8) is 0 Å². The smallest absolute Gasteiger partial charge is 0.221 e. The van der Waals surface area contributed by atoms with E-state index in [-0.39, 0.29) is 6.10 Å². The fourth-order valence-corrected chi connectivity index (χ4v) is 3.34. The van der Waals surface area contributed by atoms with Crippen molar-refractivity contribution in [2.75, 3.05) is 21.3 Å². The van der Waals surface area contributed by atoms with Gasteiger partial charge in [-0.15, -0.1) is 0 Å². The minimum Gasteiger partial charge on any atom is -0.493 e. The van der Waals surface area contributed by atoms with Crippen molar-refractivity contribution in [1.82, 2.24) is 19.6 Å². The van der Waals surface area contributed by atoms with Crippen LogP contribution in [0.1, 0.15) is 18.9 Å². The van der Waals surface area contributed by atoms with Crippen LogP contribution in [0.25, 0.3) is 16.6 Å². The Morgan fingerprint density at radius 1 is 0.931 bits per heavy atom. The van der Waals surface area contributed by atoms with Crippen LogP contribution in [0.5, 0.6) is 23.0 Å². The number of benzene rings is 2. The monoisotopic (exact) mass is 412 g/mol. The predicted octanol–water partition coefficient (Wildman–Crippen LogP) is 4.11. The Morgan fingerprint density at radius 3 is 2.28 bits per heavy atom. The van der Waals surface area contributed by atoms with Gasteiger partial charge in [-0.1, -0.05) is 12.1 Å². The molecular weight excluding hydrogens is 392 g/mol. The van der Waals surface area contributed by atoms with E-state index in [1.165, 1.54) is 0 Å². The second-order valence-corrected chi connectivity index (χ2v) is 6.66. The zero-order chi connectivity index (χ0) is 20.5. The Morgan fingerprint density at radius 2 is 1.59 bits per heavy atom. The first-order valence-corrected chi connectivity index (χ1v) is 9.30. The molecule has 0 bridgehead atoms. The maximum Gasteiger partial charge on any atom is 0.221 e. The molecule has 0 unspecified atom stereocenters. The van der Waals surface area contributed by atoms with Crippen molar-refractivity contribution >= 4 is 28.8 Å². The van der Waals surface area contributed by atoms with Crippen LogP contribution in [0.2, 0.25) is 0 Å². The molecule has 0 radical (unpaired) electrons. The summed E-state index contributed by atoms with van der Waals surface area (Å²) in [5, 5.41) is 3.96. The number of para-hydroxylation sites is 2. The molecule has 0 amide bonds. The number of H-pyrrole nitrogens is 1. The van der Waals surface area contributed by atoms with Crippen molar-refractivity contribution in [2.24, 2.45) is 0 Å². The minimum atomic E-state index is -0.379. The van der Waals surface area contributed by atoms with Crippen LogP contribution >= 0.6 is 12.2 Å². The van der Waals surface area contributed by atoms with Crippen LogP contribution in [0.4, 0.5) is 0 Å². The highest BCUT2D eigenvalue weighted by Gasteiger charge is 2.18. The third-order valence-corrected chi connectivity index (χ3v) is 4.85.